The molecular formula is C17H27BrCl2N2. The topological polar surface area (TPSA) is 15.3 Å². The van der Waals surface area contributed by atoms with E-state index < -0.39 is 0 Å². The lowest BCUT2D eigenvalue weighted by molar-refractivity contribution is 0.103. The van der Waals surface area contributed by atoms with Gasteiger partial charge in [-0.25, -0.2) is 0 Å². The molecule has 1 N–H and O–H groups in total. The molecule has 1 saturated heterocycles. The third kappa shape index (κ3) is 4.85. The molecule has 3 rings (SSSR count). The molecule has 0 unspecified atom stereocenters. The van der Waals surface area contributed by atoms with Gasteiger partial charge in [0.25, 0.3) is 0 Å². The molecule has 1 aliphatic heterocycles. The summed E-state index contributed by atoms with van der Waals surface area (Å²) < 4.78 is 1.29. The zero-order valence-corrected chi connectivity index (χ0v) is 16.2. The number of benzene rings is 1. The van der Waals surface area contributed by atoms with Gasteiger partial charge in [0.2, 0.25) is 0 Å². The molecule has 2 nitrogen and oxygen atoms in total. The summed E-state index contributed by atoms with van der Waals surface area (Å²) in [6, 6.07) is 9.45. The molecule has 1 saturated carbocycles. The van der Waals surface area contributed by atoms with Gasteiger partial charge in [-0.1, -0.05) is 53.4 Å². The first-order valence-electron chi connectivity index (χ1n) is 8.05. The van der Waals surface area contributed by atoms with Crippen molar-refractivity contribution < 1.29 is 0 Å². The van der Waals surface area contributed by atoms with Gasteiger partial charge >= 0.3 is 0 Å². The van der Waals surface area contributed by atoms with Gasteiger partial charge in [-0.05, 0) is 30.4 Å². The maximum atomic E-state index is 3.79. The van der Waals surface area contributed by atoms with Gasteiger partial charge in [0, 0.05) is 36.7 Å². The Balaban J connectivity index is 0.00000121. The molecule has 0 spiro atoms. The minimum atomic E-state index is 0. The molecule has 0 aromatic heterocycles. The fourth-order valence-electron chi connectivity index (χ4n) is 3.87. The summed E-state index contributed by atoms with van der Waals surface area (Å²) in [5, 5.41) is 3.49. The maximum absolute atomic E-state index is 3.79. The predicted molar refractivity (Wildman–Crippen MR) is 102 cm³/mol. The van der Waals surface area contributed by atoms with Crippen LogP contribution >= 0.6 is 40.7 Å². The molecule has 2 aliphatic rings. The highest BCUT2D eigenvalue weighted by molar-refractivity contribution is 9.10. The van der Waals surface area contributed by atoms with E-state index in [-0.39, 0.29) is 24.8 Å². The lowest BCUT2D eigenvalue weighted by Crippen LogP contribution is -2.47. The molecule has 5 heteroatoms. The summed E-state index contributed by atoms with van der Waals surface area (Å²) in [7, 11) is 0. The highest BCUT2D eigenvalue weighted by Crippen LogP contribution is 2.40. The van der Waals surface area contributed by atoms with Gasteiger partial charge in [0.15, 0.2) is 0 Å². The summed E-state index contributed by atoms with van der Waals surface area (Å²) >= 11 is 3.79. The lowest BCUT2D eigenvalue weighted by atomic mass is 9.80. The van der Waals surface area contributed by atoms with Crippen molar-refractivity contribution in [2.45, 2.75) is 38.1 Å². The molecule has 1 heterocycles. The summed E-state index contributed by atoms with van der Waals surface area (Å²) in [6.45, 7) is 4.63. The van der Waals surface area contributed by atoms with Crippen molar-refractivity contribution in [1.82, 2.24) is 10.2 Å². The Labute approximate surface area is 155 Å². The molecule has 1 aliphatic carbocycles. The third-order valence-electron chi connectivity index (χ3n) is 4.87. The first kappa shape index (κ1) is 20.2. The molecule has 1 aromatic rings. The van der Waals surface area contributed by atoms with E-state index in [9.17, 15) is 0 Å². The van der Waals surface area contributed by atoms with E-state index in [4.69, 9.17) is 0 Å². The zero-order chi connectivity index (χ0) is 13.8. The van der Waals surface area contributed by atoms with Crippen LogP contribution in [0.25, 0.3) is 0 Å². The Morgan fingerprint density at radius 3 is 2.27 bits per heavy atom. The van der Waals surface area contributed by atoms with E-state index in [0.29, 0.717) is 6.04 Å². The van der Waals surface area contributed by atoms with Crippen molar-refractivity contribution in [1.29, 1.82) is 0 Å². The number of piperazine rings is 1. The van der Waals surface area contributed by atoms with Gasteiger partial charge in [-0.2, -0.15) is 0 Å². The van der Waals surface area contributed by atoms with Gasteiger partial charge in [-0.15, -0.1) is 24.8 Å². The van der Waals surface area contributed by atoms with E-state index in [2.05, 4.69) is 50.4 Å². The summed E-state index contributed by atoms with van der Waals surface area (Å²) in [4.78, 5) is 2.71. The average Bonchev–Trinajstić information content (AvgIpc) is 2.52. The molecule has 1 atom stereocenters. The van der Waals surface area contributed by atoms with Crippen LogP contribution < -0.4 is 5.32 Å². The summed E-state index contributed by atoms with van der Waals surface area (Å²) in [5.74, 6) is 0.834. The molecule has 126 valence electrons. The third-order valence-corrected chi connectivity index (χ3v) is 5.59. The quantitative estimate of drug-likeness (QED) is 0.769. The SMILES string of the molecule is Brc1ccccc1[C@@H](C1CCCCC1)N1CCNCC1.Cl.Cl. The van der Waals surface area contributed by atoms with Gasteiger partial charge in [0.05, 0.1) is 0 Å². The van der Waals surface area contributed by atoms with Crippen molar-refractivity contribution in [3.8, 4) is 0 Å². The van der Waals surface area contributed by atoms with Crippen molar-refractivity contribution in [2.24, 2.45) is 5.92 Å². The van der Waals surface area contributed by atoms with Crippen molar-refractivity contribution in [3.05, 3.63) is 34.3 Å². The standard InChI is InChI=1S/C17H25BrN2.2ClH/c18-16-9-5-4-8-15(16)17(14-6-2-1-3-7-14)20-12-10-19-11-13-20;;/h4-5,8-9,14,17,19H,1-3,6-7,10-13H2;2*1H/t17-;;/m1../s1. The molecular weight excluding hydrogens is 383 g/mol. The first-order valence-corrected chi connectivity index (χ1v) is 8.85. The highest BCUT2D eigenvalue weighted by Gasteiger charge is 2.31. The fraction of sp³-hybridized carbons (Fsp3) is 0.647. The van der Waals surface area contributed by atoms with Crippen molar-refractivity contribution in [2.75, 3.05) is 26.2 Å². The van der Waals surface area contributed by atoms with Crippen LogP contribution in [0, 0.1) is 5.92 Å². The van der Waals surface area contributed by atoms with Crippen LogP contribution in [0.3, 0.4) is 0 Å². The van der Waals surface area contributed by atoms with Crippen LogP contribution in [0.5, 0.6) is 0 Å². The molecule has 0 bridgehead atoms. The van der Waals surface area contributed by atoms with Crippen molar-refractivity contribution >= 4 is 40.7 Å². The normalized spacial score (nSPS) is 21.5. The average molecular weight is 410 g/mol. The van der Waals surface area contributed by atoms with E-state index in [1.165, 1.54) is 55.2 Å². The Bertz CT molecular complexity index is 414. The maximum Gasteiger partial charge on any atom is 0.0388 e. The predicted octanol–water partition coefficient (Wildman–Crippen LogP) is 4.82. The summed E-state index contributed by atoms with van der Waals surface area (Å²) in [6.07, 6.45) is 7.06. The van der Waals surface area contributed by atoms with Crippen LogP contribution in [-0.2, 0) is 0 Å². The van der Waals surface area contributed by atoms with Gasteiger partial charge < -0.3 is 5.32 Å². The fourth-order valence-corrected chi connectivity index (χ4v) is 4.39. The van der Waals surface area contributed by atoms with Crippen molar-refractivity contribution in [3.63, 3.8) is 0 Å². The highest BCUT2D eigenvalue weighted by atomic mass is 79.9. The number of hydrogen-bond acceptors (Lipinski definition) is 2. The second-order valence-electron chi connectivity index (χ2n) is 6.15. The zero-order valence-electron chi connectivity index (χ0n) is 13.0. The summed E-state index contributed by atoms with van der Waals surface area (Å²) in [5.41, 5.74) is 1.50. The molecule has 0 radical (unpaired) electrons. The Morgan fingerprint density at radius 1 is 1.00 bits per heavy atom. The van der Waals surface area contributed by atoms with E-state index >= 15 is 0 Å². The second-order valence-corrected chi connectivity index (χ2v) is 7.00. The number of hydrogen-bond donors (Lipinski definition) is 1. The number of halogens is 3. The second kappa shape index (κ2) is 10.1. The largest absolute Gasteiger partial charge is 0.314 e. The van der Waals surface area contributed by atoms with Gasteiger partial charge in [0.1, 0.15) is 0 Å². The molecule has 0 amide bonds. The van der Waals surface area contributed by atoms with Gasteiger partial charge in [-0.3, -0.25) is 4.90 Å². The van der Waals surface area contributed by atoms with Crippen LogP contribution in [0.4, 0.5) is 0 Å². The van der Waals surface area contributed by atoms with E-state index in [1.54, 1.807) is 0 Å². The lowest BCUT2D eigenvalue weighted by Gasteiger charge is -2.41. The minimum absolute atomic E-state index is 0. The van der Waals surface area contributed by atoms with Crippen LogP contribution in [-0.4, -0.2) is 31.1 Å². The molecule has 22 heavy (non-hydrogen) atoms. The monoisotopic (exact) mass is 408 g/mol. The number of nitrogens with one attached hydrogen (secondary N) is 1. The smallest absolute Gasteiger partial charge is 0.0388 e. The number of nitrogens with zero attached hydrogens (tertiary/aromatic N) is 1. The van der Waals surface area contributed by atoms with Crippen LogP contribution in [0.15, 0.2) is 28.7 Å². The number of rotatable bonds is 3. The Hall–Kier alpha value is 0.200. The minimum Gasteiger partial charge on any atom is -0.314 e. The van der Waals surface area contributed by atoms with E-state index in [0.717, 1.165) is 19.0 Å². The van der Waals surface area contributed by atoms with Crippen LogP contribution in [0.1, 0.15) is 43.7 Å². The Morgan fingerprint density at radius 2 is 1.64 bits per heavy atom. The van der Waals surface area contributed by atoms with E-state index in [1.807, 2.05) is 0 Å². The molecule has 2 fully saturated rings. The van der Waals surface area contributed by atoms with Crippen LogP contribution in [0.2, 0.25) is 0 Å². The first-order chi connectivity index (χ1) is 9.86. The Kier molecular flexibility index (Phi) is 9.34. The molecule has 1 aromatic carbocycles.